The number of anilines is 1. The molecule has 6 nitrogen and oxygen atoms in total. The molecule has 0 amide bonds. The molecule has 2 heterocycles. The van der Waals surface area contributed by atoms with E-state index in [2.05, 4.69) is 15.4 Å². The van der Waals surface area contributed by atoms with Crippen molar-refractivity contribution >= 4 is 26.8 Å². The summed E-state index contributed by atoms with van der Waals surface area (Å²) in [6.07, 6.45) is 5.46. The molecule has 0 spiro atoms. The second-order valence-electron chi connectivity index (χ2n) is 6.89. The van der Waals surface area contributed by atoms with Crippen molar-refractivity contribution in [2.24, 2.45) is 0 Å². The van der Waals surface area contributed by atoms with Crippen LogP contribution in [0, 0.1) is 13.8 Å². The van der Waals surface area contributed by atoms with Crippen LogP contribution in [0.25, 0.3) is 16.0 Å². The Hall–Kier alpha value is -2.12. The second kappa shape index (κ2) is 6.31. The van der Waals surface area contributed by atoms with E-state index in [4.69, 9.17) is 0 Å². The quantitative estimate of drug-likeness (QED) is 0.667. The average Bonchev–Trinajstić information content (AvgIpc) is 3.04. The van der Waals surface area contributed by atoms with Gasteiger partial charge in [0.05, 0.1) is 17.0 Å². The summed E-state index contributed by atoms with van der Waals surface area (Å²) in [5.74, 6) is 0.224. The molecule has 1 aliphatic carbocycles. The van der Waals surface area contributed by atoms with Crippen LogP contribution in [0.2, 0.25) is 0 Å². The molecule has 1 saturated carbocycles. The molecule has 1 aromatic carbocycles. The Morgan fingerprint density at radius 1 is 1.28 bits per heavy atom. The molecule has 3 N–H and O–H groups in total. The third-order valence-electron chi connectivity index (χ3n) is 4.70. The van der Waals surface area contributed by atoms with Gasteiger partial charge in [-0.3, -0.25) is 0 Å². The Labute approximate surface area is 150 Å². The van der Waals surface area contributed by atoms with Crippen LogP contribution >= 0.6 is 11.3 Å². The lowest BCUT2D eigenvalue weighted by Gasteiger charge is -2.26. The first-order valence-corrected chi connectivity index (χ1v) is 9.42. The maximum Gasteiger partial charge on any atom is 0.194 e. The van der Waals surface area contributed by atoms with Crippen molar-refractivity contribution in [3.05, 3.63) is 29.5 Å². The van der Waals surface area contributed by atoms with Crippen LogP contribution in [0.3, 0.4) is 0 Å². The maximum atomic E-state index is 10.3. The number of phenolic OH excluding ortho intramolecular Hbond substituents is 1. The van der Waals surface area contributed by atoms with Crippen LogP contribution in [0.1, 0.15) is 36.8 Å². The molecule has 1 aliphatic rings. The number of fused-ring (bicyclic) bond motifs is 1. The van der Waals surface area contributed by atoms with Gasteiger partial charge in [0, 0.05) is 6.04 Å². The number of nitrogens with one attached hydrogen (secondary N) is 1. The molecule has 2 atom stereocenters. The fraction of sp³-hybridized carbons (Fsp3) is 0.444. The van der Waals surface area contributed by atoms with E-state index < -0.39 is 0 Å². The van der Waals surface area contributed by atoms with Gasteiger partial charge in [0.25, 0.3) is 0 Å². The SMILES string of the molecule is Cc1cc(C)c(-n2cc3sc(NC4CCCC(O)C4)nc3n2)c(O)c1. The van der Waals surface area contributed by atoms with E-state index in [1.165, 1.54) is 0 Å². The molecule has 2 aromatic heterocycles. The van der Waals surface area contributed by atoms with Crippen LogP contribution in [0.15, 0.2) is 18.3 Å². The fourth-order valence-electron chi connectivity index (χ4n) is 3.60. The van der Waals surface area contributed by atoms with Gasteiger partial charge in [-0.15, -0.1) is 5.10 Å². The number of hydrogen-bond donors (Lipinski definition) is 3. The lowest BCUT2D eigenvalue weighted by molar-refractivity contribution is 0.124. The summed E-state index contributed by atoms with van der Waals surface area (Å²) in [5, 5.41) is 28.9. The van der Waals surface area contributed by atoms with Gasteiger partial charge < -0.3 is 15.5 Å². The summed E-state index contributed by atoms with van der Waals surface area (Å²) >= 11 is 1.55. The third kappa shape index (κ3) is 3.21. The zero-order valence-corrected chi connectivity index (χ0v) is 15.2. The average molecular weight is 358 g/mol. The van der Waals surface area contributed by atoms with Crippen LogP contribution in [-0.2, 0) is 0 Å². The first-order chi connectivity index (χ1) is 12.0. The molecular formula is C18H22N4O2S. The van der Waals surface area contributed by atoms with Gasteiger partial charge >= 0.3 is 0 Å². The van der Waals surface area contributed by atoms with Gasteiger partial charge in [-0.1, -0.05) is 17.4 Å². The van der Waals surface area contributed by atoms with E-state index >= 15 is 0 Å². The highest BCUT2D eigenvalue weighted by atomic mass is 32.1. The monoisotopic (exact) mass is 358 g/mol. The fourth-order valence-corrected chi connectivity index (χ4v) is 4.50. The van der Waals surface area contributed by atoms with Crippen molar-refractivity contribution in [2.45, 2.75) is 51.7 Å². The topological polar surface area (TPSA) is 83.2 Å². The number of aliphatic hydroxyl groups excluding tert-OH is 1. The van der Waals surface area contributed by atoms with Gasteiger partial charge in [-0.25, -0.2) is 4.68 Å². The van der Waals surface area contributed by atoms with Crippen molar-refractivity contribution in [1.82, 2.24) is 14.8 Å². The molecule has 1 fully saturated rings. The summed E-state index contributed by atoms with van der Waals surface area (Å²) in [7, 11) is 0. The Bertz CT molecular complexity index is 863. The summed E-state index contributed by atoms with van der Waals surface area (Å²) < 4.78 is 2.67. The molecule has 3 aromatic rings. The summed E-state index contributed by atoms with van der Waals surface area (Å²) in [5.41, 5.74) is 3.36. The zero-order chi connectivity index (χ0) is 17.6. The van der Waals surface area contributed by atoms with Crippen LogP contribution in [0.4, 0.5) is 5.13 Å². The number of thiazole rings is 1. The van der Waals surface area contributed by atoms with Crippen LogP contribution < -0.4 is 5.32 Å². The Balaban J connectivity index is 1.60. The number of aromatic nitrogens is 3. The first-order valence-electron chi connectivity index (χ1n) is 8.61. The van der Waals surface area contributed by atoms with Gasteiger partial charge in [0.2, 0.25) is 0 Å². The van der Waals surface area contributed by atoms with E-state index in [9.17, 15) is 10.2 Å². The van der Waals surface area contributed by atoms with Crippen molar-refractivity contribution in [1.29, 1.82) is 0 Å². The minimum Gasteiger partial charge on any atom is -0.506 e. The third-order valence-corrected chi connectivity index (χ3v) is 5.61. The molecule has 132 valence electrons. The smallest absolute Gasteiger partial charge is 0.194 e. The molecule has 0 radical (unpaired) electrons. The lowest BCUT2D eigenvalue weighted by atomic mass is 9.93. The van der Waals surface area contributed by atoms with E-state index in [1.54, 1.807) is 22.1 Å². The molecule has 7 heteroatoms. The number of benzene rings is 1. The van der Waals surface area contributed by atoms with Gasteiger partial charge in [0.1, 0.15) is 11.4 Å². The van der Waals surface area contributed by atoms with Crippen molar-refractivity contribution in [2.75, 3.05) is 5.32 Å². The van der Waals surface area contributed by atoms with Crippen molar-refractivity contribution in [3.8, 4) is 11.4 Å². The summed E-state index contributed by atoms with van der Waals surface area (Å²) in [4.78, 5) is 4.57. The van der Waals surface area contributed by atoms with Gasteiger partial charge in [-0.2, -0.15) is 4.98 Å². The number of aryl methyl sites for hydroxylation is 2. The maximum absolute atomic E-state index is 10.3. The molecule has 0 aliphatic heterocycles. The first kappa shape index (κ1) is 16.4. The molecule has 25 heavy (non-hydrogen) atoms. The number of aromatic hydroxyl groups is 1. The zero-order valence-electron chi connectivity index (χ0n) is 14.4. The predicted octanol–water partition coefficient (Wildman–Crippen LogP) is 3.52. The largest absolute Gasteiger partial charge is 0.506 e. The normalized spacial score (nSPS) is 20.9. The number of aliphatic hydroxyl groups is 1. The summed E-state index contributed by atoms with van der Waals surface area (Å²) in [6.45, 7) is 3.92. The van der Waals surface area contributed by atoms with Gasteiger partial charge in [-0.05, 0) is 56.7 Å². The van der Waals surface area contributed by atoms with Crippen molar-refractivity contribution in [3.63, 3.8) is 0 Å². The van der Waals surface area contributed by atoms with Gasteiger partial charge in [0.15, 0.2) is 10.8 Å². The number of nitrogens with zero attached hydrogens (tertiary/aromatic N) is 3. The highest BCUT2D eigenvalue weighted by molar-refractivity contribution is 7.22. The minimum absolute atomic E-state index is 0.211. The number of phenols is 1. The molecular weight excluding hydrogens is 336 g/mol. The highest BCUT2D eigenvalue weighted by Gasteiger charge is 2.21. The minimum atomic E-state index is -0.211. The molecule has 4 rings (SSSR count). The number of rotatable bonds is 3. The van der Waals surface area contributed by atoms with Crippen LogP contribution in [0.5, 0.6) is 5.75 Å². The molecule has 2 unspecified atom stereocenters. The predicted molar refractivity (Wildman–Crippen MR) is 99.8 cm³/mol. The highest BCUT2D eigenvalue weighted by Crippen LogP contribution is 2.32. The van der Waals surface area contributed by atoms with Crippen molar-refractivity contribution < 1.29 is 10.2 Å². The molecule has 0 bridgehead atoms. The van der Waals surface area contributed by atoms with E-state index in [1.807, 2.05) is 26.1 Å². The van der Waals surface area contributed by atoms with E-state index in [-0.39, 0.29) is 17.9 Å². The Morgan fingerprint density at radius 2 is 2.12 bits per heavy atom. The lowest BCUT2D eigenvalue weighted by Crippen LogP contribution is -2.29. The standard InChI is InChI=1S/C18H22N4O2S/c1-10-6-11(2)16(14(24)7-10)22-9-15-17(21-22)20-18(25-15)19-12-4-3-5-13(23)8-12/h6-7,9,12-13,23-24H,3-5,8H2,1-2H3,(H,19,20,21). The second-order valence-corrected chi connectivity index (χ2v) is 7.92. The van der Waals surface area contributed by atoms with E-state index in [0.29, 0.717) is 11.3 Å². The molecule has 0 saturated heterocycles. The van der Waals surface area contributed by atoms with E-state index in [0.717, 1.165) is 46.6 Å². The van der Waals surface area contributed by atoms with Crippen LogP contribution in [-0.4, -0.2) is 37.1 Å². The number of hydrogen-bond acceptors (Lipinski definition) is 6. The Morgan fingerprint density at radius 3 is 2.84 bits per heavy atom. The summed E-state index contributed by atoms with van der Waals surface area (Å²) in [6, 6.07) is 4.04. The Kier molecular flexibility index (Phi) is 4.13.